The molecule has 1 aromatic heterocycles. The van der Waals surface area contributed by atoms with E-state index < -0.39 is 5.97 Å². The first-order valence-corrected chi connectivity index (χ1v) is 7.68. The van der Waals surface area contributed by atoms with Crippen LogP contribution in [0, 0.1) is 5.92 Å². The summed E-state index contributed by atoms with van der Waals surface area (Å²) in [6.45, 7) is 3.52. The van der Waals surface area contributed by atoms with E-state index in [1.165, 1.54) is 12.8 Å². The molecule has 21 heavy (non-hydrogen) atoms. The van der Waals surface area contributed by atoms with Crippen molar-refractivity contribution in [3.63, 3.8) is 0 Å². The molecule has 1 saturated carbocycles. The number of nitrogens with zero attached hydrogens (tertiary/aromatic N) is 3. The summed E-state index contributed by atoms with van der Waals surface area (Å²) in [5, 5.41) is 15.7. The van der Waals surface area contributed by atoms with Crippen LogP contribution in [0.2, 0.25) is 0 Å². The summed E-state index contributed by atoms with van der Waals surface area (Å²) in [6.07, 6.45) is 4.61. The highest BCUT2D eigenvalue weighted by Gasteiger charge is 2.30. The molecule has 1 aliphatic heterocycles. The number of carboxylic acid groups (broad SMARTS) is 1. The zero-order chi connectivity index (χ0) is 14.7. The molecule has 0 spiro atoms. The van der Waals surface area contributed by atoms with Crippen molar-refractivity contribution in [3.8, 4) is 0 Å². The van der Waals surface area contributed by atoms with E-state index in [4.69, 9.17) is 9.63 Å². The van der Waals surface area contributed by atoms with Gasteiger partial charge in [-0.05, 0) is 44.7 Å². The number of piperidine rings is 1. The highest BCUT2D eigenvalue weighted by molar-refractivity contribution is 5.68. The Labute approximate surface area is 123 Å². The Morgan fingerprint density at radius 1 is 1.43 bits per heavy atom. The zero-order valence-electron chi connectivity index (χ0n) is 12.1. The van der Waals surface area contributed by atoms with Gasteiger partial charge in [-0.2, -0.15) is 4.98 Å². The molecule has 0 amide bonds. The predicted molar refractivity (Wildman–Crippen MR) is 74.8 cm³/mol. The Morgan fingerprint density at radius 3 is 3.05 bits per heavy atom. The van der Waals surface area contributed by atoms with E-state index in [1.807, 2.05) is 0 Å². The summed E-state index contributed by atoms with van der Waals surface area (Å²) in [5.41, 5.74) is 0. The maximum absolute atomic E-state index is 10.5. The first-order chi connectivity index (χ1) is 10.2. The van der Waals surface area contributed by atoms with Gasteiger partial charge in [0.2, 0.25) is 5.89 Å². The van der Waals surface area contributed by atoms with Gasteiger partial charge in [0.05, 0.1) is 13.1 Å². The average molecular weight is 294 g/mol. The van der Waals surface area contributed by atoms with Gasteiger partial charge >= 0.3 is 5.97 Å². The molecule has 2 heterocycles. The quantitative estimate of drug-likeness (QED) is 0.769. The summed E-state index contributed by atoms with van der Waals surface area (Å²) in [6, 6.07) is 0. The fourth-order valence-corrected chi connectivity index (χ4v) is 2.87. The Kier molecular flexibility index (Phi) is 4.50. The molecule has 2 N–H and O–H groups in total. The molecule has 3 rings (SSSR count). The van der Waals surface area contributed by atoms with Crippen LogP contribution in [0.3, 0.4) is 0 Å². The minimum atomic E-state index is -0.804. The van der Waals surface area contributed by atoms with Crippen molar-refractivity contribution in [1.29, 1.82) is 0 Å². The number of likely N-dealkylation sites (tertiary alicyclic amines) is 1. The maximum Gasteiger partial charge on any atom is 0.317 e. The summed E-state index contributed by atoms with van der Waals surface area (Å²) in [7, 11) is 0. The van der Waals surface area contributed by atoms with E-state index in [-0.39, 0.29) is 6.54 Å². The fraction of sp³-hybridized carbons (Fsp3) is 0.786. The van der Waals surface area contributed by atoms with E-state index in [1.54, 1.807) is 0 Å². The lowest BCUT2D eigenvalue weighted by Gasteiger charge is -2.31. The first-order valence-electron chi connectivity index (χ1n) is 7.68. The number of rotatable bonds is 7. The van der Waals surface area contributed by atoms with Gasteiger partial charge in [0.15, 0.2) is 5.82 Å². The van der Waals surface area contributed by atoms with Crippen LogP contribution < -0.4 is 5.32 Å². The molecule has 0 bridgehead atoms. The second-order valence-corrected chi connectivity index (χ2v) is 6.09. The number of aromatic nitrogens is 2. The molecule has 116 valence electrons. The van der Waals surface area contributed by atoms with Gasteiger partial charge in [-0.3, -0.25) is 9.69 Å². The van der Waals surface area contributed by atoms with E-state index in [0.717, 1.165) is 50.7 Å². The molecular formula is C14H22N4O3. The summed E-state index contributed by atoms with van der Waals surface area (Å²) >= 11 is 0. The normalized spacial score (nSPS) is 23.3. The SMILES string of the molecule is O=C(O)CNCC1CCCN(Cc2noc(C3CC3)n2)C1. The van der Waals surface area contributed by atoms with Crippen LogP contribution in [0.5, 0.6) is 0 Å². The number of hydrogen-bond donors (Lipinski definition) is 2. The molecule has 0 radical (unpaired) electrons. The molecular weight excluding hydrogens is 272 g/mol. The topological polar surface area (TPSA) is 91.5 Å². The molecule has 1 aliphatic carbocycles. The second kappa shape index (κ2) is 6.53. The van der Waals surface area contributed by atoms with Crippen molar-refractivity contribution in [2.75, 3.05) is 26.2 Å². The lowest BCUT2D eigenvalue weighted by molar-refractivity contribution is -0.136. The molecule has 1 saturated heterocycles. The van der Waals surface area contributed by atoms with Crippen LogP contribution >= 0.6 is 0 Å². The van der Waals surface area contributed by atoms with E-state index >= 15 is 0 Å². The van der Waals surface area contributed by atoms with Crippen molar-refractivity contribution in [2.24, 2.45) is 5.92 Å². The largest absolute Gasteiger partial charge is 0.480 e. The minimum Gasteiger partial charge on any atom is -0.480 e. The van der Waals surface area contributed by atoms with Gasteiger partial charge in [0.25, 0.3) is 0 Å². The molecule has 1 atom stereocenters. The highest BCUT2D eigenvalue weighted by atomic mass is 16.5. The second-order valence-electron chi connectivity index (χ2n) is 6.09. The van der Waals surface area contributed by atoms with Crippen molar-refractivity contribution >= 4 is 5.97 Å². The molecule has 1 unspecified atom stereocenters. The third-order valence-corrected chi connectivity index (χ3v) is 4.09. The zero-order valence-corrected chi connectivity index (χ0v) is 12.1. The van der Waals surface area contributed by atoms with Gasteiger partial charge in [0, 0.05) is 12.5 Å². The smallest absolute Gasteiger partial charge is 0.317 e. The van der Waals surface area contributed by atoms with Crippen LogP contribution in [0.1, 0.15) is 43.3 Å². The van der Waals surface area contributed by atoms with Crippen molar-refractivity contribution in [3.05, 3.63) is 11.7 Å². The Balaban J connectivity index is 1.45. The molecule has 7 heteroatoms. The van der Waals surface area contributed by atoms with E-state index in [0.29, 0.717) is 11.8 Å². The molecule has 7 nitrogen and oxygen atoms in total. The van der Waals surface area contributed by atoms with Crippen LogP contribution in [-0.4, -0.2) is 52.3 Å². The van der Waals surface area contributed by atoms with Crippen molar-refractivity contribution < 1.29 is 14.4 Å². The van der Waals surface area contributed by atoms with Gasteiger partial charge in [-0.1, -0.05) is 5.16 Å². The summed E-state index contributed by atoms with van der Waals surface area (Å²) < 4.78 is 5.28. The van der Waals surface area contributed by atoms with Gasteiger partial charge < -0.3 is 14.9 Å². The Morgan fingerprint density at radius 2 is 2.29 bits per heavy atom. The van der Waals surface area contributed by atoms with Crippen LogP contribution in [0.25, 0.3) is 0 Å². The van der Waals surface area contributed by atoms with Gasteiger partial charge in [0.1, 0.15) is 0 Å². The lowest BCUT2D eigenvalue weighted by Crippen LogP contribution is -2.40. The predicted octanol–water partition coefficient (Wildman–Crippen LogP) is 0.833. The Bertz CT molecular complexity index is 486. The highest BCUT2D eigenvalue weighted by Crippen LogP contribution is 2.38. The molecule has 2 aliphatic rings. The fourth-order valence-electron chi connectivity index (χ4n) is 2.87. The van der Waals surface area contributed by atoms with Gasteiger partial charge in [-0.15, -0.1) is 0 Å². The minimum absolute atomic E-state index is 0.0338. The van der Waals surface area contributed by atoms with E-state index in [2.05, 4.69) is 20.4 Å². The molecule has 0 aromatic carbocycles. The van der Waals surface area contributed by atoms with Crippen LogP contribution in [0.15, 0.2) is 4.52 Å². The monoisotopic (exact) mass is 294 g/mol. The Hall–Kier alpha value is -1.47. The number of carboxylic acids is 1. The molecule has 2 fully saturated rings. The third-order valence-electron chi connectivity index (χ3n) is 4.09. The van der Waals surface area contributed by atoms with Crippen LogP contribution in [-0.2, 0) is 11.3 Å². The van der Waals surface area contributed by atoms with E-state index in [9.17, 15) is 4.79 Å². The van der Waals surface area contributed by atoms with Gasteiger partial charge in [-0.25, -0.2) is 0 Å². The van der Waals surface area contributed by atoms with Crippen molar-refractivity contribution in [2.45, 2.75) is 38.1 Å². The lowest BCUT2D eigenvalue weighted by atomic mass is 9.98. The summed E-state index contributed by atoms with van der Waals surface area (Å²) in [5.74, 6) is 1.76. The first kappa shape index (κ1) is 14.5. The standard InChI is InChI=1S/C14H22N4O3/c19-13(20)7-15-6-10-2-1-5-18(8-10)9-12-16-14(21-17-12)11-3-4-11/h10-11,15H,1-9H2,(H,19,20). The number of aliphatic carboxylic acids is 1. The summed E-state index contributed by atoms with van der Waals surface area (Å²) in [4.78, 5) is 17.3. The number of nitrogens with one attached hydrogen (secondary N) is 1. The molecule has 1 aromatic rings. The third kappa shape index (κ3) is 4.25. The number of carbonyl (C=O) groups is 1. The number of hydrogen-bond acceptors (Lipinski definition) is 6. The maximum atomic E-state index is 10.5. The van der Waals surface area contributed by atoms with Crippen molar-refractivity contribution in [1.82, 2.24) is 20.4 Å². The average Bonchev–Trinajstić information content (AvgIpc) is 3.20. The van der Waals surface area contributed by atoms with Crippen LogP contribution in [0.4, 0.5) is 0 Å².